The first-order chi connectivity index (χ1) is 6.33. The Hall–Kier alpha value is -1.55. The number of hydrogen-bond donors (Lipinski definition) is 1. The molecule has 0 saturated heterocycles. The molecule has 0 bridgehead atoms. The van der Waals surface area contributed by atoms with Gasteiger partial charge in [-0.1, -0.05) is 30.3 Å². The van der Waals surface area contributed by atoms with Crippen LogP contribution in [0.4, 0.5) is 4.79 Å². The molecule has 0 aliphatic heterocycles. The lowest BCUT2D eigenvalue weighted by Gasteiger charge is -2.04. The molecule has 0 unspecified atom stereocenters. The molecule has 0 fully saturated rings. The number of hydrogen-bond acceptors (Lipinski definition) is 3. The van der Waals surface area contributed by atoms with E-state index >= 15 is 0 Å². The molecule has 0 heterocycles. The van der Waals surface area contributed by atoms with Crippen LogP contribution >= 0.6 is 0 Å². The summed E-state index contributed by atoms with van der Waals surface area (Å²) in [5.41, 5.74) is 2.99. The summed E-state index contributed by atoms with van der Waals surface area (Å²) in [5.74, 6) is 0. The molecule has 4 nitrogen and oxygen atoms in total. The van der Waals surface area contributed by atoms with Gasteiger partial charge >= 0.3 is 6.09 Å². The predicted molar refractivity (Wildman–Crippen MR) is 46.8 cm³/mol. The molecule has 1 aromatic carbocycles. The summed E-state index contributed by atoms with van der Waals surface area (Å²) in [4.78, 5) is 15.1. The third-order valence-corrected chi connectivity index (χ3v) is 1.40. The van der Waals surface area contributed by atoms with Crippen LogP contribution in [0.3, 0.4) is 0 Å². The second-order valence-electron chi connectivity index (χ2n) is 2.37. The van der Waals surface area contributed by atoms with Gasteiger partial charge < -0.3 is 4.74 Å². The normalized spacial score (nSPS) is 9.31. The highest BCUT2D eigenvalue weighted by Crippen LogP contribution is 1.99. The number of ether oxygens (including phenoxy) is 1. The van der Waals surface area contributed by atoms with Gasteiger partial charge in [0.05, 0.1) is 7.11 Å². The average molecular weight is 181 g/mol. The van der Waals surface area contributed by atoms with Crippen LogP contribution in [0, 0.1) is 0 Å². The fourth-order valence-corrected chi connectivity index (χ4v) is 0.836. The standard InChI is InChI=1S/C9H11NO3/c1-12-10-9(11)13-7-8-5-3-2-4-6-8/h2-6H,7H2,1H3,(H,10,11). The highest BCUT2D eigenvalue weighted by atomic mass is 16.7. The zero-order chi connectivity index (χ0) is 9.52. The summed E-state index contributed by atoms with van der Waals surface area (Å²) in [7, 11) is 1.35. The summed E-state index contributed by atoms with van der Waals surface area (Å²) in [5, 5.41) is 0. The SMILES string of the molecule is CONC(=O)OCc1ccccc1. The molecule has 1 aromatic rings. The van der Waals surface area contributed by atoms with Crippen LogP contribution in [0.1, 0.15) is 5.56 Å². The molecule has 1 amide bonds. The number of benzene rings is 1. The van der Waals surface area contributed by atoms with Crippen LogP contribution in [-0.2, 0) is 16.2 Å². The Balaban J connectivity index is 2.31. The van der Waals surface area contributed by atoms with Gasteiger partial charge in [-0.25, -0.2) is 4.79 Å². The molecule has 13 heavy (non-hydrogen) atoms. The molecular weight excluding hydrogens is 170 g/mol. The van der Waals surface area contributed by atoms with Crippen molar-refractivity contribution in [2.45, 2.75) is 6.61 Å². The first-order valence-electron chi connectivity index (χ1n) is 3.82. The zero-order valence-electron chi connectivity index (χ0n) is 7.32. The fourth-order valence-electron chi connectivity index (χ4n) is 0.836. The number of carbonyl (C=O) groups is 1. The number of rotatable bonds is 3. The van der Waals surface area contributed by atoms with Crippen molar-refractivity contribution < 1.29 is 14.4 Å². The largest absolute Gasteiger partial charge is 0.443 e. The Kier molecular flexibility index (Phi) is 3.78. The summed E-state index contributed by atoms with van der Waals surface area (Å²) >= 11 is 0. The molecule has 0 aliphatic rings. The molecule has 0 atom stereocenters. The lowest BCUT2D eigenvalue weighted by Crippen LogP contribution is -2.22. The summed E-state index contributed by atoms with van der Waals surface area (Å²) in [6, 6.07) is 9.42. The summed E-state index contributed by atoms with van der Waals surface area (Å²) < 4.78 is 4.79. The van der Waals surface area contributed by atoms with E-state index in [-0.39, 0.29) is 6.61 Å². The van der Waals surface area contributed by atoms with Gasteiger partial charge in [0.25, 0.3) is 0 Å². The highest BCUT2D eigenvalue weighted by Gasteiger charge is 1.99. The van der Waals surface area contributed by atoms with Gasteiger partial charge in [-0.05, 0) is 5.56 Å². The van der Waals surface area contributed by atoms with E-state index in [0.717, 1.165) is 5.56 Å². The topological polar surface area (TPSA) is 47.6 Å². The molecule has 0 aliphatic carbocycles. The van der Waals surface area contributed by atoms with Crippen LogP contribution < -0.4 is 5.48 Å². The minimum Gasteiger partial charge on any atom is -0.443 e. The number of amides is 1. The maximum atomic E-state index is 10.8. The summed E-state index contributed by atoms with van der Waals surface area (Å²) in [6.07, 6.45) is -0.591. The van der Waals surface area contributed by atoms with Crippen LogP contribution in [0.5, 0.6) is 0 Å². The molecule has 0 aromatic heterocycles. The van der Waals surface area contributed by atoms with Crippen LogP contribution in [0.2, 0.25) is 0 Å². The van der Waals surface area contributed by atoms with E-state index in [4.69, 9.17) is 4.74 Å². The van der Waals surface area contributed by atoms with Crippen LogP contribution in [-0.4, -0.2) is 13.2 Å². The van der Waals surface area contributed by atoms with Gasteiger partial charge in [0.2, 0.25) is 0 Å². The molecule has 0 spiro atoms. The van der Waals surface area contributed by atoms with Gasteiger partial charge in [0.1, 0.15) is 6.61 Å². The number of nitrogens with one attached hydrogen (secondary N) is 1. The lowest BCUT2D eigenvalue weighted by molar-refractivity contribution is 0.0551. The quantitative estimate of drug-likeness (QED) is 0.718. The monoisotopic (exact) mass is 181 g/mol. The predicted octanol–water partition coefficient (Wildman–Crippen LogP) is 1.47. The lowest BCUT2D eigenvalue weighted by atomic mass is 10.2. The minimum absolute atomic E-state index is 0.246. The van der Waals surface area contributed by atoms with Crippen molar-refractivity contribution in [2.24, 2.45) is 0 Å². The molecule has 0 radical (unpaired) electrons. The van der Waals surface area contributed by atoms with Crippen LogP contribution in [0.15, 0.2) is 30.3 Å². The van der Waals surface area contributed by atoms with Gasteiger partial charge in [-0.15, -0.1) is 0 Å². The smallest absolute Gasteiger partial charge is 0.431 e. The fraction of sp³-hybridized carbons (Fsp3) is 0.222. The Bertz CT molecular complexity index is 261. The Morgan fingerprint density at radius 1 is 1.38 bits per heavy atom. The minimum atomic E-state index is -0.591. The van der Waals surface area contributed by atoms with E-state index in [1.54, 1.807) is 0 Å². The van der Waals surface area contributed by atoms with Crippen molar-refractivity contribution in [3.63, 3.8) is 0 Å². The maximum absolute atomic E-state index is 10.8. The van der Waals surface area contributed by atoms with E-state index in [9.17, 15) is 4.79 Å². The van der Waals surface area contributed by atoms with Gasteiger partial charge in [0.15, 0.2) is 0 Å². The summed E-state index contributed by atoms with van der Waals surface area (Å²) in [6.45, 7) is 0.246. The van der Waals surface area contributed by atoms with Gasteiger partial charge in [-0.3, -0.25) is 4.84 Å². The van der Waals surface area contributed by atoms with E-state index < -0.39 is 6.09 Å². The van der Waals surface area contributed by atoms with E-state index in [1.807, 2.05) is 30.3 Å². The van der Waals surface area contributed by atoms with Crippen LogP contribution in [0.25, 0.3) is 0 Å². The first kappa shape index (κ1) is 9.54. The van der Waals surface area contributed by atoms with Crippen molar-refractivity contribution in [1.29, 1.82) is 0 Å². The highest BCUT2D eigenvalue weighted by molar-refractivity contribution is 5.65. The third kappa shape index (κ3) is 3.57. The van der Waals surface area contributed by atoms with Crippen molar-refractivity contribution >= 4 is 6.09 Å². The average Bonchev–Trinajstić information content (AvgIpc) is 2.17. The van der Waals surface area contributed by atoms with E-state index in [1.165, 1.54) is 7.11 Å². The first-order valence-corrected chi connectivity index (χ1v) is 3.82. The van der Waals surface area contributed by atoms with Crippen molar-refractivity contribution in [3.8, 4) is 0 Å². The van der Waals surface area contributed by atoms with E-state index in [2.05, 4.69) is 10.3 Å². The Morgan fingerprint density at radius 3 is 2.69 bits per heavy atom. The molecule has 0 saturated carbocycles. The molecule has 70 valence electrons. The molecule has 4 heteroatoms. The van der Waals surface area contributed by atoms with Crippen molar-refractivity contribution in [2.75, 3.05) is 7.11 Å². The number of carbonyl (C=O) groups excluding carboxylic acids is 1. The molecular formula is C9H11NO3. The number of hydroxylamine groups is 1. The Labute approximate surface area is 76.4 Å². The zero-order valence-corrected chi connectivity index (χ0v) is 7.32. The van der Waals surface area contributed by atoms with E-state index in [0.29, 0.717) is 0 Å². The maximum Gasteiger partial charge on any atom is 0.431 e. The third-order valence-electron chi connectivity index (χ3n) is 1.40. The van der Waals surface area contributed by atoms with Crippen molar-refractivity contribution in [3.05, 3.63) is 35.9 Å². The van der Waals surface area contributed by atoms with Crippen molar-refractivity contribution in [1.82, 2.24) is 5.48 Å². The molecule has 1 N–H and O–H groups in total. The molecule has 1 rings (SSSR count). The Morgan fingerprint density at radius 2 is 2.08 bits per heavy atom. The van der Waals surface area contributed by atoms with Gasteiger partial charge in [0, 0.05) is 0 Å². The second-order valence-corrected chi connectivity index (χ2v) is 2.37. The second kappa shape index (κ2) is 5.16. The van der Waals surface area contributed by atoms with Gasteiger partial charge in [-0.2, -0.15) is 5.48 Å².